The summed E-state index contributed by atoms with van der Waals surface area (Å²) in [5.74, 6) is -0.135. The Bertz CT molecular complexity index is 579. The highest BCUT2D eigenvalue weighted by molar-refractivity contribution is 5.93. The van der Waals surface area contributed by atoms with E-state index in [0.717, 1.165) is 5.69 Å². The van der Waals surface area contributed by atoms with E-state index in [9.17, 15) is 9.59 Å². The van der Waals surface area contributed by atoms with E-state index in [0.29, 0.717) is 11.4 Å². The fourth-order valence-electron chi connectivity index (χ4n) is 1.75. The third-order valence-electron chi connectivity index (χ3n) is 2.50. The van der Waals surface area contributed by atoms with Crippen molar-refractivity contribution in [3.8, 4) is 5.69 Å². The molecule has 2 rings (SSSR count). The van der Waals surface area contributed by atoms with E-state index in [1.165, 1.54) is 11.5 Å². The smallest absolute Gasteiger partial charge is 0.303 e. The fraction of sp³-hybridized carbons (Fsp3) is 0.167. The highest BCUT2D eigenvalue weighted by atomic mass is 16.2. The summed E-state index contributed by atoms with van der Waals surface area (Å²) in [6.45, 7) is 3.19. The van der Waals surface area contributed by atoms with Crippen LogP contribution in [0.25, 0.3) is 5.69 Å². The molecule has 0 aliphatic rings. The van der Waals surface area contributed by atoms with Crippen molar-refractivity contribution in [3.63, 3.8) is 0 Å². The Morgan fingerprint density at radius 2 is 1.88 bits per heavy atom. The topological polar surface area (TPSA) is 54.9 Å². The van der Waals surface area contributed by atoms with E-state index >= 15 is 0 Å². The molecule has 82 valence electrons. The zero-order valence-corrected chi connectivity index (χ0v) is 9.15. The minimum atomic E-state index is -0.283. The van der Waals surface area contributed by atoms with Crippen molar-refractivity contribution >= 4 is 5.78 Å². The molecule has 0 radical (unpaired) electrons. The van der Waals surface area contributed by atoms with Crippen molar-refractivity contribution in [1.29, 1.82) is 0 Å². The Morgan fingerprint density at radius 3 is 2.38 bits per heavy atom. The van der Waals surface area contributed by atoms with Crippen LogP contribution < -0.4 is 5.69 Å². The van der Waals surface area contributed by atoms with Gasteiger partial charge in [-0.1, -0.05) is 18.2 Å². The normalized spacial score (nSPS) is 10.4. The summed E-state index contributed by atoms with van der Waals surface area (Å²) in [5.41, 5.74) is 1.49. The number of hydrogen-bond donors (Lipinski definition) is 1. The van der Waals surface area contributed by atoms with Gasteiger partial charge in [-0.15, -0.1) is 0 Å². The van der Waals surface area contributed by atoms with Gasteiger partial charge < -0.3 is 4.98 Å². The van der Waals surface area contributed by atoms with E-state index in [-0.39, 0.29) is 11.5 Å². The Kier molecular flexibility index (Phi) is 2.48. The number of H-pyrrole nitrogens is 1. The molecule has 0 amide bonds. The van der Waals surface area contributed by atoms with Crippen LogP contribution in [0.4, 0.5) is 0 Å². The van der Waals surface area contributed by atoms with Gasteiger partial charge in [-0.2, -0.15) is 0 Å². The molecule has 0 spiro atoms. The first-order chi connectivity index (χ1) is 7.61. The van der Waals surface area contributed by atoms with Crippen molar-refractivity contribution in [1.82, 2.24) is 9.55 Å². The molecule has 1 aromatic heterocycles. The molecule has 0 saturated carbocycles. The molecule has 4 nitrogen and oxygen atoms in total. The second-order valence-electron chi connectivity index (χ2n) is 3.62. The van der Waals surface area contributed by atoms with Crippen LogP contribution in [-0.2, 0) is 0 Å². The average molecular weight is 216 g/mol. The van der Waals surface area contributed by atoms with Crippen molar-refractivity contribution in [2.24, 2.45) is 0 Å². The maximum atomic E-state index is 11.7. The molecule has 0 unspecified atom stereocenters. The number of Topliss-reactive ketones (excluding diaryl/α,β-unsaturated/α-hetero) is 1. The van der Waals surface area contributed by atoms with Gasteiger partial charge >= 0.3 is 5.69 Å². The summed E-state index contributed by atoms with van der Waals surface area (Å²) < 4.78 is 1.50. The summed E-state index contributed by atoms with van der Waals surface area (Å²) in [6, 6.07) is 9.23. The number of carbonyl (C=O) groups is 1. The third-order valence-corrected chi connectivity index (χ3v) is 2.50. The second-order valence-corrected chi connectivity index (χ2v) is 3.62. The zero-order valence-electron chi connectivity index (χ0n) is 9.15. The molecular formula is C12H12N2O2. The Labute approximate surface area is 92.5 Å². The van der Waals surface area contributed by atoms with E-state index < -0.39 is 0 Å². The summed E-state index contributed by atoms with van der Waals surface area (Å²) in [7, 11) is 0. The van der Waals surface area contributed by atoms with Gasteiger partial charge in [0.2, 0.25) is 0 Å². The van der Waals surface area contributed by atoms with Gasteiger partial charge in [0, 0.05) is 6.92 Å². The van der Waals surface area contributed by atoms with E-state index in [2.05, 4.69) is 4.98 Å². The maximum Gasteiger partial charge on any atom is 0.330 e. The SMILES string of the molecule is CC(=O)c1[nH]c(=O)n(-c2ccccc2)c1C. The lowest BCUT2D eigenvalue weighted by atomic mass is 10.2. The predicted molar refractivity (Wildman–Crippen MR) is 61.1 cm³/mol. The second kappa shape index (κ2) is 3.81. The molecule has 0 atom stereocenters. The molecule has 16 heavy (non-hydrogen) atoms. The number of benzene rings is 1. The quantitative estimate of drug-likeness (QED) is 0.776. The molecule has 0 bridgehead atoms. The number of rotatable bonds is 2. The molecule has 1 N–H and O–H groups in total. The number of carbonyl (C=O) groups excluding carboxylic acids is 1. The number of aromatic amines is 1. The van der Waals surface area contributed by atoms with E-state index in [1.54, 1.807) is 6.92 Å². The van der Waals surface area contributed by atoms with Gasteiger partial charge in [0.05, 0.1) is 11.4 Å². The van der Waals surface area contributed by atoms with Crippen LogP contribution in [0.5, 0.6) is 0 Å². The molecule has 0 fully saturated rings. The molecule has 4 heteroatoms. The average Bonchev–Trinajstić information content (AvgIpc) is 2.56. The largest absolute Gasteiger partial charge is 0.330 e. The summed E-state index contributed by atoms with van der Waals surface area (Å²) in [5, 5.41) is 0. The third kappa shape index (κ3) is 1.58. The van der Waals surface area contributed by atoms with Crippen LogP contribution in [0.3, 0.4) is 0 Å². The van der Waals surface area contributed by atoms with Crippen LogP contribution in [0, 0.1) is 6.92 Å². The lowest BCUT2D eigenvalue weighted by molar-refractivity contribution is 0.101. The minimum absolute atomic E-state index is 0.135. The standard InChI is InChI=1S/C12H12N2O2/c1-8-11(9(2)15)13-12(16)14(8)10-6-4-3-5-7-10/h3-7H,1-2H3,(H,13,16). The molecular weight excluding hydrogens is 204 g/mol. The highest BCUT2D eigenvalue weighted by Gasteiger charge is 2.13. The Balaban J connectivity index is 2.68. The zero-order chi connectivity index (χ0) is 11.7. The summed E-state index contributed by atoms with van der Waals surface area (Å²) in [4.78, 5) is 25.6. The number of ketones is 1. The maximum absolute atomic E-state index is 11.7. The molecule has 0 aliphatic heterocycles. The number of imidazole rings is 1. The summed E-state index contributed by atoms with van der Waals surface area (Å²) >= 11 is 0. The van der Waals surface area contributed by atoms with Crippen LogP contribution in [-0.4, -0.2) is 15.3 Å². The Hall–Kier alpha value is -2.10. The predicted octanol–water partition coefficient (Wildman–Crippen LogP) is 1.68. The summed E-state index contributed by atoms with van der Waals surface area (Å²) in [6.07, 6.45) is 0. The van der Waals surface area contributed by atoms with Crippen LogP contribution in [0.2, 0.25) is 0 Å². The van der Waals surface area contributed by atoms with Crippen molar-refractivity contribution in [2.75, 3.05) is 0 Å². The van der Waals surface area contributed by atoms with Crippen molar-refractivity contribution in [2.45, 2.75) is 13.8 Å². The van der Waals surface area contributed by atoms with Gasteiger partial charge in [-0.3, -0.25) is 9.36 Å². The highest BCUT2D eigenvalue weighted by Crippen LogP contribution is 2.10. The molecule has 0 saturated heterocycles. The van der Waals surface area contributed by atoms with Crippen molar-refractivity contribution in [3.05, 3.63) is 52.2 Å². The number of nitrogens with one attached hydrogen (secondary N) is 1. The van der Waals surface area contributed by atoms with Crippen molar-refractivity contribution < 1.29 is 4.79 Å². The Morgan fingerprint density at radius 1 is 1.25 bits per heavy atom. The van der Waals surface area contributed by atoms with Gasteiger partial charge in [0.25, 0.3) is 0 Å². The van der Waals surface area contributed by atoms with E-state index in [1.807, 2.05) is 30.3 Å². The van der Waals surface area contributed by atoms with Gasteiger partial charge in [-0.25, -0.2) is 4.79 Å². The number of aromatic nitrogens is 2. The van der Waals surface area contributed by atoms with Gasteiger partial charge in [-0.05, 0) is 19.1 Å². The van der Waals surface area contributed by atoms with Crippen LogP contribution >= 0.6 is 0 Å². The van der Waals surface area contributed by atoms with Crippen LogP contribution in [0.1, 0.15) is 23.1 Å². The fourth-order valence-corrected chi connectivity index (χ4v) is 1.75. The lowest BCUT2D eigenvalue weighted by Gasteiger charge is -2.03. The monoisotopic (exact) mass is 216 g/mol. The molecule has 1 heterocycles. The molecule has 0 aliphatic carbocycles. The molecule has 1 aromatic carbocycles. The van der Waals surface area contributed by atoms with Gasteiger partial charge in [0.15, 0.2) is 5.78 Å². The first kappa shape index (κ1) is 10.4. The van der Waals surface area contributed by atoms with Gasteiger partial charge in [0.1, 0.15) is 5.69 Å². The number of hydrogen-bond acceptors (Lipinski definition) is 2. The number of para-hydroxylation sites is 1. The molecule has 2 aromatic rings. The number of nitrogens with zero attached hydrogens (tertiary/aromatic N) is 1. The van der Waals surface area contributed by atoms with Crippen LogP contribution in [0.15, 0.2) is 35.1 Å². The van der Waals surface area contributed by atoms with E-state index in [4.69, 9.17) is 0 Å². The minimum Gasteiger partial charge on any atom is -0.303 e. The first-order valence-corrected chi connectivity index (χ1v) is 4.99. The lowest BCUT2D eigenvalue weighted by Crippen LogP contribution is -2.15. The first-order valence-electron chi connectivity index (χ1n) is 4.99.